The van der Waals surface area contributed by atoms with Gasteiger partial charge in [-0.2, -0.15) is 4.31 Å². The van der Waals surface area contributed by atoms with Crippen LogP contribution in [0.25, 0.3) is 0 Å². The maximum Gasteiger partial charge on any atom is 0.264 e. The molecule has 0 atom stereocenters. The molecule has 1 N–H and O–H groups in total. The Morgan fingerprint density at radius 2 is 1.71 bits per heavy atom. The van der Waals surface area contributed by atoms with Crippen molar-refractivity contribution < 1.29 is 18.0 Å². The number of thiophene rings is 1. The summed E-state index contributed by atoms with van der Waals surface area (Å²) < 4.78 is 26.8. The molecular formula is C21H28N4O4S2. The van der Waals surface area contributed by atoms with Gasteiger partial charge in [-0.15, -0.1) is 11.3 Å². The predicted molar refractivity (Wildman–Crippen MR) is 122 cm³/mol. The van der Waals surface area contributed by atoms with Crippen molar-refractivity contribution in [1.29, 1.82) is 0 Å². The fourth-order valence-corrected chi connectivity index (χ4v) is 5.68. The van der Waals surface area contributed by atoms with E-state index in [0.717, 1.165) is 0 Å². The predicted octanol–water partition coefficient (Wildman–Crippen LogP) is 2.18. The van der Waals surface area contributed by atoms with Crippen molar-refractivity contribution >= 4 is 38.9 Å². The monoisotopic (exact) mass is 464 g/mol. The van der Waals surface area contributed by atoms with Gasteiger partial charge in [0.05, 0.1) is 16.3 Å². The van der Waals surface area contributed by atoms with Crippen molar-refractivity contribution in [3.05, 3.63) is 46.7 Å². The summed E-state index contributed by atoms with van der Waals surface area (Å²) in [6.45, 7) is 6.42. The normalized spacial score (nSPS) is 14.7. The van der Waals surface area contributed by atoms with E-state index in [-0.39, 0.29) is 23.3 Å². The van der Waals surface area contributed by atoms with E-state index >= 15 is 0 Å². The summed E-state index contributed by atoms with van der Waals surface area (Å²) in [4.78, 5) is 29.4. The highest BCUT2D eigenvalue weighted by Crippen LogP contribution is 2.20. The maximum absolute atomic E-state index is 12.7. The standard InChI is InChI=1S/C21H28N4O4S2/c1-3-25(4-2)31(28,29)18-8-5-7-17(15-18)22-16-20(26)23-10-12-24(13-11-23)21(27)19-9-6-14-30-19/h5-9,14-15,22H,3-4,10-13,16H2,1-2H3. The average molecular weight is 465 g/mol. The highest BCUT2D eigenvalue weighted by molar-refractivity contribution is 7.89. The topological polar surface area (TPSA) is 90.0 Å². The van der Waals surface area contributed by atoms with E-state index in [1.807, 2.05) is 17.5 Å². The van der Waals surface area contributed by atoms with E-state index in [9.17, 15) is 18.0 Å². The second-order valence-corrected chi connectivity index (χ2v) is 10.0. The molecule has 1 saturated heterocycles. The molecule has 1 aliphatic rings. The number of rotatable bonds is 8. The van der Waals surface area contributed by atoms with E-state index in [0.29, 0.717) is 49.8 Å². The molecule has 1 aromatic heterocycles. The largest absolute Gasteiger partial charge is 0.376 e. The summed E-state index contributed by atoms with van der Waals surface area (Å²) in [5, 5.41) is 4.91. The number of amides is 2. The fraction of sp³-hybridized carbons (Fsp3) is 0.429. The summed E-state index contributed by atoms with van der Waals surface area (Å²) in [6.07, 6.45) is 0. The Hall–Kier alpha value is -2.43. The molecule has 0 radical (unpaired) electrons. The third-order valence-corrected chi connectivity index (χ3v) is 8.18. The number of nitrogens with zero attached hydrogens (tertiary/aromatic N) is 3. The number of carbonyl (C=O) groups excluding carboxylic acids is 2. The molecule has 2 heterocycles. The number of carbonyl (C=O) groups is 2. The number of hydrogen-bond donors (Lipinski definition) is 1. The average Bonchev–Trinajstić information content (AvgIpc) is 3.33. The molecule has 1 aromatic carbocycles. The molecule has 0 saturated carbocycles. The number of benzene rings is 1. The van der Waals surface area contributed by atoms with Crippen LogP contribution in [-0.4, -0.2) is 80.2 Å². The molecule has 0 bridgehead atoms. The molecule has 10 heteroatoms. The van der Waals surface area contributed by atoms with Gasteiger partial charge in [-0.3, -0.25) is 9.59 Å². The van der Waals surface area contributed by atoms with Crippen molar-refractivity contribution in [3.63, 3.8) is 0 Å². The second-order valence-electron chi connectivity index (χ2n) is 7.12. The van der Waals surface area contributed by atoms with Crippen molar-refractivity contribution in [2.24, 2.45) is 0 Å². The Morgan fingerprint density at radius 3 is 2.32 bits per heavy atom. The molecule has 1 aliphatic heterocycles. The van der Waals surface area contributed by atoms with E-state index in [4.69, 9.17) is 0 Å². The fourth-order valence-electron chi connectivity index (χ4n) is 3.48. The van der Waals surface area contributed by atoms with Crippen LogP contribution in [0.1, 0.15) is 23.5 Å². The van der Waals surface area contributed by atoms with Crippen LogP contribution < -0.4 is 5.32 Å². The van der Waals surface area contributed by atoms with Gasteiger partial charge in [-0.25, -0.2) is 8.42 Å². The summed E-state index contributed by atoms with van der Waals surface area (Å²) in [5.41, 5.74) is 0.577. The van der Waals surface area contributed by atoms with E-state index in [1.165, 1.54) is 15.6 Å². The van der Waals surface area contributed by atoms with E-state index < -0.39 is 10.0 Å². The Bertz CT molecular complexity index is 996. The first-order valence-electron chi connectivity index (χ1n) is 10.3. The lowest BCUT2D eigenvalue weighted by Crippen LogP contribution is -2.51. The lowest BCUT2D eigenvalue weighted by Gasteiger charge is -2.34. The maximum atomic E-state index is 12.7. The molecule has 31 heavy (non-hydrogen) atoms. The molecule has 2 amide bonds. The third-order valence-electron chi connectivity index (χ3n) is 5.27. The van der Waals surface area contributed by atoms with Crippen LogP contribution in [0, 0.1) is 0 Å². The quantitative estimate of drug-likeness (QED) is 0.647. The lowest BCUT2D eigenvalue weighted by molar-refractivity contribution is -0.130. The molecule has 3 rings (SSSR count). The SMILES string of the molecule is CCN(CC)S(=O)(=O)c1cccc(NCC(=O)N2CCN(C(=O)c3cccs3)CC2)c1. The van der Waals surface area contributed by atoms with Crippen LogP contribution in [0.3, 0.4) is 0 Å². The van der Waals surface area contributed by atoms with Crippen LogP contribution in [0.2, 0.25) is 0 Å². The van der Waals surface area contributed by atoms with E-state index in [2.05, 4.69) is 5.32 Å². The molecule has 8 nitrogen and oxygen atoms in total. The molecule has 0 aliphatic carbocycles. The summed E-state index contributed by atoms with van der Waals surface area (Å²) in [7, 11) is -3.55. The number of anilines is 1. The zero-order chi connectivity index (χ0) is 22.4. The molecule has 1 fully saturated rings. The minimum absolute atomic E-state index is 0.00597. The molecule has 168 valence electrons. The number of sulfonamides is 1. The first-order valence-corrected chi connectivity index (χ1v) is 12.6. The van der Waals surface area contributed by atoms with Crippen molar-refractivity contribution in [1.82, 2.24) is 14.1 Å². The van der Waals surface area contributed by atoms with Gasteiger partial charge in [0.15, 0.2) is 0 Å². The third kappa shape index (κ3) is 5.44. The summed E-state index contributed by atoms with van der Waals surface area (Å²) in [5.74, 6) is -0.0772. The van der Waals surface area contributed by atoms with Crippen LogP contribution in [0.5, 0.6) is 0 Å². The lowest BCUT2D eigenvalue weighted by atomic mass is 10.2. The first kappa shape index (κ1) is 23.2. The van der Waals surface area contributed by atoms with Crippen molar-refractivity contribution in [2.45, 2.75) is 18.7 Å². The number of nitrogens with one attached hydrogen (secondary N) is 1. The first-order chi connectivity index (χ1) is 14.9. The van der Waals surface area contributed by atoms with Gasteiger partial charge in [0.25, 0.3) is 5.91 Å². The Labute approximate surface area is 187 Å². The Morgan fingerprint density at radius 1 is 1.03 bits per heavy atom. The molecule has 2 aromatic rings. The van der Waals surface area contributed by atoms with Gasteiger partial charge < -0.3 is 15.1 Å². The Kier molecular flexibility index (Phi) is 7.69. The summed E-state index contributed by atoms with van der Waals surface area (Å²) >= 11 is 1.42. The van der Waals surface area contributed by atoms with Crippen LogP contribution >= 0.6 is 11.3 Å². The van der Waals surface area contributed by atoms with Gasteiger partial charge >= 0.3 is 0 Å². The Balaban J connectivity index is 1.54. The zero-order valence-electron chi connectivity index (χ0n) is 17.8. The molecule has 0 unspecified atom stereocenters. The zero-order valence-corrected chi connectivity index (χ0v) is 19.4. The highest BCUT2D eigenvalue weighted by Gasteiger charge is 2.25. The molecular weight excluding hydrogens is 436 g/mol. The van der Waals surface area contributed by atoms with Gasteiger partial charge in [0, 0.05) is 45.0 Å². The van der Waals surface area contributed by atoms with Crippen LogP contribution in [-0.2, 0) is 14.8 Å². The minimum atomic E-state index is -3.55. The number of hydrogen-bond acceptors (Lipinski definition) is 6. The van der Waals surface area contributed by atoms with Crippen molar-refractivity contribution in [3.8, 4) is 0 Å². The highest BCUT2D eigenvalue weighted by atomic mass is 32.2. The molecule has 0 spiro atoms. The van der Waals surface area contributed by atoms with Gasteiger partial charge in [-0.05, 0) is 29.6 Å². The van der Waals surface area contributed by atoms with E-state index in [1.54, 1.807) is 47.9 Å². The van der Waals surface area contributed by atoms with Crippen LogP contribution in [0.4, 0.5) is 5.69 Å². The van der Waals surface area contributed by atoms with Gasteiger partial charge in [-0.1, -0.05) is 26.0 Å². The van der Waals surface area contributed by atoms with Gasteiger partial charge in [0.2, 0.25) is 15.9 Å². The van der Waals surface area contributed by atoms with Crippen LogP contribution in [0.15, 0.2) is 46.7 Å². The summed E-state index contributed by atoms with van der Waals surface area (Å²) in [6, 6.07) is 10.2. The smallest absolute Gasteiger partial charge is 0.264 e. The van der Waals surface area contributed by atoms with Gasteiger partial charge in [0.1, 0.15) is 0 Å². The minimum Gasteiger partial charge on any atom is -0.376 e. The number of piperazine rings is 1. The van der Waals surface area contributed by atoms with Crippen molar-refractivity contribution in [2.75, 3.05) is 51.1 Å². The second kappa shape index (κ2) is 10.3.